The molecule has 3 aromatic rings. The lowest BCUT2D eigenvalue weighted by Crippen LogP contribution is -2.38. The van der Waals surface area contributed by atoms with Gasteiger partial charge in [0.15, 0.2) is 0 Å². The van der Waals surface area contributed by atoms with Crippen LogP contribution in [0, 0.1) is 12.8 Å². The van der Waals surface area contributed by atoms with Crippen molar-refractivity contribution in [2.24, 2.45) is 5.92 Å². The van der Waals surface area contributed by atoms with Gasteiger partial charge in [-0.3, -0.25) is 4.79 Å². The van der Waals surface area contributed by atoms with E-state index in [4.69, 9.17) is 4.74 Å². The van der Waals surface area contributed by atoms with Crippen molar-refractivity contribution in [2.75, 3.05) is 12.4 Å². The van der Waals surface area contributed by atoms with Gasteiger partial charge in [-0.25, -0.2) is 0 Å². The van der Waals surface area contributed by atoms with Crippen LogP contribution in [-0.2, 0) is 9.53 Å². The van der Waals surface area contributed by atoms with Crippen LogP contribution in [0.3, 0.4) is 0 Å². The molecule has 3 aromatic carbocycles. The minimum atomic E-state index is -0.353. The number of aryl methyl sites for hydroxylation is 1. The molecule has 0 fully saturated rings. The summed E-state index contributed by atoms with van der Waals surface area (Å²) in [6.45, 7) is 2.08. The fourth-order valence-electron chi connectivity index (χ4n) is 4.12. The summed E-state index contributed by atoms with van der Waals surface area (Å²) in [5, 5.41) is 3.60. The van der Waals surface area contributed by atoms with Crippen LogP contribution in [0.25, 0.3) is 0 Å². The minimum absolute atomic E-state index is 0.0694. The van der Waals surface area contributed by atoms with Crippen LogP contribution in [0.1, 0.15) is 34.2 Å². The summed E-state index contributed by atoms with van der Waals surface area (Å²) in [5.74, 6) is -0.619. The van der Waals surface area contributed by atoms with Gasteiger partial charge >= 0.3 is 5.97 Å². The monoisotopic (exact) mass is 357 g/mol. The second-order valence-electron chi connectivity index (χ2n) is 7.06. The first-order chi connectivity index (χ1) is 13.2. The van der Waals surface area contributed by atoms with E-state index in [2.05, 4.69) is 54.7 Å². The van der Waals surface area contributed by atoms with Crippen LogP contribution in [0.5, 0.6) is 0 Å². The third-order valence-corrected chi connectivity index (χ3v) is 5.36. The molecule has 0 saturated carbocycles. The molecule has 0 aromatic heterocycles. The summed E-state index contributed by atoms with van der Waals surface area (Å²) in [5.41, 5.74) is 5.60. The molecule has 0 amide bonds. The number of anilines is 1. The molecule has 4 rings (SSSR count). The van der Waals surface area contributed by atoms with Crippen LogP contribution in [0.2, 0.25) is 0 Å². The fraction of sp³-hybridized carbons (Fsp3) is 0.208. The highest BCUT2D eigenvalue weighted by atomic mass is 16.5. The molecule has 0 spiro atoms. The van der Waals surface area contributed by atoms with Crippen LogP contribution in [-0.4, -0.2) is 13.1 Å². The zero-order valence-corrected chi connectivity index (χ0v) is 15.6. The maximum atomic E-state index is 13.0. The Morgan fingerprint density at radius 1 is 0.889 bits per heavy atom. The zero-order valence-electron chi connectivity index (χ0n) is 15.6. The van der Waals surface area contributed by atoms with Crippen molar-refractivity contribution >= 4 is 11.7 Å². The molecule has 0 bridgehead atoms. The van der Waals surface area contributed by atoms with E-state index in [1.807, 2.05) is 36.4 Å². The van der Waals surface area contributed by atoms with Crippen LogP contribution < -0.4 is 5.32 Å². The number of fused-ring (bicyclic) bond motifs is 1. The molecule has 3 heteroatoms. The topological polar surface area (TPSA) is 38.3 Å². The number of hydrogen-bond donors (Lipinski definition) is 1. The van der Waals surface area contributed by atoms with Gasteiger partial charge in [-0.1, -0.05) is 78.4 Å². The van der Waals surface area contributed by atoms with Crippen molar-refractivity contribution in [1.82, 2.24) is 0 Å². The number of rotatable bonds is 3. The number of carbonyl (C=O) groups is 1. The molecule has 3 nitrogen and oxygen atoms in total. The number of esters is 1. The fourth-order valence-corrected chi connectivity index (χ4v) is 4.12. The van der Waals surface area contributed by atoms with E-state index in [-0.39, 0.29) is 23.8 Å². The van der Waals surface area contributed by atoms with E-state index >= 15 is 0 Å². The summed E-state index contributed by atoms with van der Waals surface area (Å²) < 4.78 is 5.26. The van der Waals surface area contributed by atoms with Gasteiger partial charge in [-0.2, -0.15) is 0 Å². The lowest BCUT2D eigenvalue weighted by Gasteiger charge is -2.40. The van der Waals surface area contributed by atoms with E-state index < -0.39 is 0 Å². The molecular formula is C24H23NO2. The van der Waals surface area contributed by atoms with Crippen LogP contribution >= 0.6 is 0 Å². The van der Waals surface area contributed by atoms with Gasteiger partial charge < -0.3 is 10.1 Å². The van der Waals surface area contributed by atoms with Crippen LogP contribution in [0.4, 0.5) is 5.69 Å². The van der Waals surface area contributed by atoms with Crippen molar-refractivity contribution in [3.05, 3.63) is 101 Å². The Morgan fingerprint density at radius 3 is 2.15 bits per heavy atom. The summed E-state index contributed by atoms with van der Waals surface area (Å²) in [6.07, 6.45) is 0. The summed E-state index contributed by atoms with van der Waals surface area (Å²) in [4.78, 5) is 13.0. The molecular weight excluding hydrogens is 334 g/mol. The number of benzene rings is 3. The first-order valence-electron chi connectivity index (χ1n) is 9.24. The Morgan fingerprint density at radius 2 is 1.52 bits per heavy atom. The molecule has 1 aliphatic heterocycles. The molecule has 27 heavy (non-hydrogen) atoms. The average molecular weight is 357 g/mol. The molecule has 0 radical (unpaired) electrons. The van der Waals surface area contributed by atoms with E-state index in [1.165, 1.54) is 12.7 Å². The highest BCUT2D eigenvalue weighted by Crippen LogP contribution is 2.48. The molecule has 0 unspecified atom stereocenters. The smallest absolute Gasteiger partial charge is 0.312 e. The predicted molar refractivity (Wildman–Crippen MR) is 108 cm³/mol. The Balaban J connectivity index is 1.93. The Bertz CT molecular complexity index is 937. The third-order valence-electron chi connectivity index (χ3n) is 5.36. The van der Waals surface area contributed by atoms with Gasteiger partial charge in [-0.15, -0.1) is 0 Å². The minimum Gasteiger partial charge on any atom is -0.469 e. The van der Waals surface area contributed by atoms with E-state index in [9.17, 15) is 4.79 Å². The second-order valence-corrected chi connectivity index (χ2v) is 7.06. The van der Waals surface area contributed by atoms with Gasteiger partial charge in [0.25, 0.3) is 0 Å². The molecule has 136 valence electrons. The number of nitrogens with one attached hydrogen (secondary N) is 1. The van der Waals surface area contributed by atoms with Crippen molar-refractivity contribution in [3.63, 3.8) is 0 Å². The van der Waals surface area contributed by atoms with Gasteiger partial charge in [0, 0.05) is 11.6 Å². The predicted octanol–water partition coefficient (Wildman–Crippen LogP) is 5.08. The Hall–Kier alpha value is -3.07. The first kappa shape index (κ1) is 17.3. The van der Waals surface area contributed by atoms with E-state index in [1.54, 1.807) is 0 Å². The van der Waals surface area contributed by atoms with Crippen molar-refractivity contribution in [3.8, 4) is 0 Å². The highest BCUT2D eigenvalue weighted by Gasteiger charge is 2.43. The SMILES string of the molecule is COC(=O)[C@@H]1[C@H](c2ccccc2)c2cc(C)ccc2N[C@@H]1c1ccccc1. The van der Waals surface area contributed by atoms with Gasteiger partial charge in [0.05, 0.1) is 19.1 Å². The largest absolute Gasteiger partial charge is 0.469 e. The number of methoxy groups -OCH3 is 1. The number of hydrogen-bond acceptors (Lipinski definition) is 3. The summed E-state index contributed by atoms with van der Waals surface area (Å²) in [6, 6.07) is 26.6. The van der Waals surface area contributed by atoms with Crippen molar-refractivity contribution in [1.29, 1.82) is 0 Å². The Kier molecular flexibility index (Phi) is 4.68. The standard InChI is InChI=1S/C24H23NO2/c1-16-13-14-20-19(15-16)21(17-9-5-3-6-10-17)22(24(26)27-2)23(25-20)18-11-7-4-8-12-18/h3-15,21-23,25H,1-2H3/t21-,22-,23-/m1/s1. The zero-order chi connectivity index (χ0) is 18.8. The normalized spacial score (nSPS) is 21.0. The number of ether oxygens (including phenoxy) is 1. The third kappa shape index (κ3) is 3.21. The second kappa shape index (κ2) is 7.28. The molecule has 1 heterocycles. The Labute approximate surface area is 160 Å². The van der Waals surface area contributed by atoms with Gasteiger partial charge in [-0.05, 0) is 29.7 Å². The first-order valence-corrected chi connectivity index (χ1v) is 9.24. The molecule has 0 saturated heterocycles. The van der Waals surface area contributed by atoms with E-state index in [0.29, 0.717) is 0 Å². The molecule has 0 aliphatic carbocycles. The quantitative estimate of drug-likeness (QED) is 0.664. The highest BCUT2D eigenvalue weighted by molar-refractivity contribution is 5.79. The molecule has 1 N–H and O–H groups in total. The average Bonchev–Trinajstić information content (AvgIpc) is 2.73. The van der Waals surface area contributed by atoms with Gasteiger partial charge in [0.2, 0.25) is 0 Å². The summed E-state index contributed by atoms with van der Waals surface area (Å²) >= 11 is 0. The van der Waals surface area contributed by atoms with Gasteiger partial charge in [0.1, 0.15) is 0 Å². The maximum Gasteiger partial charge on any atom is 0.312 e. The summed E-state index contributed by atoms with van der Waals surface area (Å²) in [7, 11) is 1.47. The lowest BCUT2D eigenvalue weighted by atomic mass is 9.71. The van der Waals surface area contributed by atoms with E-state index in [0.717, 1.165) is 22.4 Å². The lowest BCUT2D eigenvalue weighted by molar-refractivity contribution is -0.146. The van der Waals surface area contributed by atoms with Crippen molar-refractivity contribution in [2.45, 2.75) is 18.9 Å². The molecule has 3 atom stereocenters. The maximum absolute atomic E-state index is 13.0. The molecule has 1 aliphatic rings. The van der Waals surface area contributed by atoms with Crippen molar-refractivity contribution < 1.29 is 9.53 Å². The van der Waals surface area contributed by atoms with Crippen LogP contribution in [0.15, 0.2) is 78.9 Å². The number of carbonyl (C=O) groups excluding carboxylic acids is 1.